The number of carbonyl (C=O) groups excluding carboxylic acids is 2. The Morgan fingerprint density at radius 3 is 2.37 bits per heavy atom. The largest absolute Gasteiger partial charge is 0.493 e. The van der Waals surface area contributed by atoms with Gasteiger partial charge in [-0.1, -0.05) is 13.8 Å². The third-order valence-electron chi connectivity index (χ3n) is 5.43. The summed E-state index contributed by atoms with van der Waals surface area (Å²) in [5.41, 5.74) is 0.729. The molecule has 0 aromatic heterocycles. The number of rotatable bonds is 6. The smallest absolute Gasteiger partial charge is 0.253 e. The summed E-state index contributed by atoms with van der Waals surface area (Å²) in [6.07, 6.45) is 4.97. The Labute approximate surface area is 162 Å². The molecule has 2 heterocycles. The van der Waals surface area contributed by atoms with Crippen LogP contribution in [0, 0.1) is 11.8 Å². The van der Waals surface area contributed by atoms with Crippen molar-refractivity contribution in [2.24, 2.45) is 11.8 Å². The van der Waals surface area contributed by atoms with Gasteiger partial charge in [0, 0.05) is 44.1 Å². The zero-order chi connectivity index (χ0) is 19.2. The lowest BCUT2D eigenvalue weighted by Crippen LogP contribution is -2.41. The van der Waals surface area contributed by atoms with Gasteiger partial charge in [-0.25, -0.2) is 0 Å². The van der Waals surface area contributed by atoms with E-state index in [1.165, 1.54) is 0 Å². The van der Waals surface area contributed by atoms with E-state index in [2.05, 4.69) is 13.8 Å². The van der Waals surface area contributed by atoms with E-state index < -0.39 is 0 Å². The SMILES string of the molecule is CC(C)CC(=O)N1CCC[C@H](COc2ccc(C(=O)N3CCCC3)cc2)C1. The summed E-state index contributed by atoms with van der Waals surface area (Å²) >= 11 is 0. The number of carbonyl (C=O) groups is 2. The maximum absolute atomic E-state index is 12.4. The van der Waals surface area contributed by atoms with Gasteiger partial charge in [-0.05, 0) is 55.9 Å². The van der Waals surface area contributed by atoms with Gasteiger partial charge in [-0.2, -0.15) is 0 Å². The topological polar surface area (TPSA) is 49.9 Å². The van der Waals surface area contributed by atoms with Crippen LogP contribution >= 0.6 is 0 Å². The van der Waals surface area contributed by atoms with Gasteiger partial charge in [-0.15, -0.1) is 0 Å². The molecule has 0 unspecified atom stereocenters. The minimum Gasteiger partial charge on any atom is -0.493 e. The maximum atomic E-state index is 12.4. The molecule has 2 saturated heterocycles. The van der Waals surface area contributed by atoms with Crippen molar-refractivity contribution in [1.29, 1.82) is 0 Å². The molecule has 2 aliphatic heterocycles. The number of benzene rings is 1. The second kappa shape index (κ2) is 9.25. The van der Waals surface area contributed by atoms with Crippen LogP contribution in [0.2, 0.25) is 0 Å². The number of piperidine rings is 1. The second-order valence-corrected chi connectivity index (χ2v) is 8.28. The lowest BCUT2D eigenvalue weighted by Gasteiger charge is -2.33. The molecule has 1 aromatic rings. The Morgan fingerprint density at radius 1 is 1.04 bits per heavy atom. The molecule has 2 fully saturated rings. The molecular weight excluding hydrogens is 340 g/mol. The van der Waals surface area contributed by atoms with E-state index in [4.69, 9.17) is 4.74 Å². The summed E-state index contributed by atoms with van der Waals surface area (Å²) in [5, 5.41) is 0. The van der Waals surface area contributed by atoms with E-state index in [9.17, 15) is 9.59 Å². The Bertz CT molecular complexity index is 635. The minimum absolute atomic E-state index is 0.116. The summed E-state index contributed by atoms with van der Waals surface area (Å²) in [6.45, 7) is 8.17. The van der Waals surface area contributed by atoms with Crippen LogP contribution < -0.4 is 4.74 Å². The lowest BCUT2D eigenvalue weighted by molar-refractivity contribution is -0.134. The van der Waals surface area contributed by atoms with Crippen molar-refractivity contribution in [3.8, 4) is 5.75 Å². The number of ether oxygens (including phenoxy) is 1. The summed E-state index contributed by atoms with van der Waals surface area (Å²) in [6, 6.07) is 7.48. The number of amides is 2. The van der Waals surface area contributed by atoms with Gasteiger partial charge in [0.2, 0.25) is 5.91 Å². The third kappa shape index (κ3) is 5.47. The fourth-order valence-corrected chi connectivity index (χ4v) is 3.92. The third-order valence-corrected chi connectivity index (χ3v) is 5.43. The fourth-order valence-electron chi connectivity index (χ4n) is 3.92. The van der Waals surface area contributed by atoms with Gasteiger partial charge in [0.15, 0.2) is 0 Å². The van der Waals surface area contributed by atoms with E-state index in [1.54, 1.807) is 0 Å². The molecule has 3 rings (SSSR count). The van der Waals surface area contributed by atoms with Gasteiger partial charge in [0.25, 0.3) is 5.91 Å². The van der Waals surface area contributed by atoms with Crippen molar-refractivity contribution in [3.05, 3.63) is 29.8 Å². The number of nitrogens with zero attached hydrogens (tertiary/aromatic N) is 2. The van der Waals surface area contributed by atoms with Gasteiger partial charge < -0.3 is 14.5 Å². The highest BCUT2D eigenvalue weighted by atomic mass is 16.5. The zero-order valence-electron chi connectivity index (χ0n) is 16.7. The molecule has 2 amide bonds. The van der Waals surface area contributed by atoms with Crippen LogP contribution in [0.4, 0.5) is 0 Å². The molecule has 0 N–H and O–H groups in total. The minimum atomic E-state index is 0.116. The quantitative estimate of drug-likeness (QED) is 0.767. The number of hydrogen-bond donors (Lipinski definition) is 0. The highest BCUT2D eigenvalue weighted by molar-refractivity contribution is 5.94. The van der Waals surface area contributed by atoms with Crippen LogP contribution in [0.5, 0.6) is 5.75 Å². The predicted molar refractivity (Wildman–Crippen MR) is 106 cm³/mol. The summed E-state index contributed by atoms with van der Waals surface area (Å²) in [5.74, 6) is 1.94. The van der Waals surface area contributed by atoms with Gasteiger partial charge in [0.1, 0.15) is 5.75 Å². The normalized spacial score (nSPS) is 20.2. The fraction of sp³-hybridized carbons (Fsp3) is 0.636. The molecule has 0 saturated carbocycles. The Kier molecular flexibility index (Phi) is 6.75. The highest BCUT2D eigenvalue weighted by Gasteiger charge is 2.24. The first-order chi connectivity index (χ1) is 13.0. The first kappa shape index (κ1) is 19.7. The Morgan fingerprint density at radius 2 is 1.70 bits per heavy atom. The zero-order valence-corrected chi connectivity index (χ0v) is 16.7. The highest BCUT2D eigenvalue weighted by Crippen LogP contribution is 2.21. The monoisotopic (exact) mass is 372 g/mol. The van der Waals surface area contributed by atoms with Crippen molar-refractivity contribution >= 4 is 11.8 Å². The molecule has 0 spiro atoms. The van der Waals surface area contributed by atoms with Gasteiger partial charge in [-0.3, -0.25) is 9.59 Å². The van der Waals surface area contributed by atoms with Crippen molar-refractivity contribution in [3.63, 3.8) is 0 Å². The molecule has 1 aromatic carbocycles. The molecule has 148 valence electrons. The average Bonchev–Trinajstić information content (AvgIpc) is 3.21. The van der Waals surface area contributed by atoms with Gasteiger partial charge >= 0.3 is 0 Å². The van der Waals surface area contributed by atoms with Crippen molar-refractivity contribution in [2.45, 2.75) is 46.0 Å². The molecule has 0 aliphatic carbocycles. The van der Waals surface area contributed by atoms with Crippen molar-refractivity contribution in [1.82, 2.24) is 9.80 Å². The average molecular weight is 373 g/mol. The van der Waals surface area contributed by atoms with Crippen molar-refractivity contribution in [2.75, 3.05) is 32.8 Å². The van der Waals surface area contributed by atoms with E-state index in [1.807, 2.05) is 34.1 Å². The lowest BCUT2D eigenvalue weighted by atomic mass is 9.98. The van der Waals surface area contributed by atoms with Crippen LogP contribution in [0.1, 0.15) is 56.3 Å². The molecule has 0 bridgehead atoms. The van der Waals surface area contributed by atoms with E-state index in [-0.39, 0.29) is 11.8 Å². The first-order valence-electron chi connectivity index (χ1n) is 10.3. The summed E-state index contributed by atoms with van der Waals surface area (Å²) in [7, 11) is 0. The standard InChI is InChI=1S/C22H32N2O3/c1-17(2)14-21(25)24-13-5-6-18(15-24)16-27-20-9-7-19(8-10-20)22(26)23-11-3-4-12-23/h7-10,17-18H,3-6,11-16H2,1-2H3/t18-/m0/s1. The molecular formula is C22H32N2O3. The van der Waals surface area contributed by atoms with Gasteiger partial charge in [0.05, 0.1) is 6.61 Å². The molecule has 1 atom stereocenters. The van der Waals surface area contributed by atoms with Crippen molar-refractivity contribution < 1.29 is 14.3 Å². The van der Waals surface area contributed by atoms with Crippen LogP contribution in [0.25, 0.3) is 0 Å². The number of hydrogen-bond acceptors (Lipinski definition) is 3. The summed E-state index contributed by atoms with van der Waals surface area (Å²) in [4.78, 5) is 28.6. The first-order valence-corrected chi connectivity index (χ1v) is 10.3. The molecule has 27 heavy (non-hydrogen) atoms. The van der Waals surface area contributed by atoms with Crippen LogP contribution in [-0.4, -0.2) is 54.4 Å². The molecule has 5 heteroatoms. The summed E-state index contributed by atoms with van der Waals surface area (Å²) < 4.78 is 5.95. The maximum Gasteiger partial charge on any atom is 0.253 e. The molecule has 0 radical (unpaired) electrons. The Hall–Kier alpha value is -2.04. The van der Waals surface area contributed by atoms with E-state index in [0.29, 0.717) is 24.9 Å². The van der Waals surface area contributed by atoms with Crippen LogP contribution in [-0.2, 0) is 4.79 Å². The molecule has 5 nitrogen and oxygen atoms in total. The molecule has 2 aliphatic rings. The van der Waals surface area contributed by atoms with Crippen LogP contribution in [0.3, 0.4) is 0 Å². The van der Waals surface area contributed by atoms with Crippen LogP contribution in [0.15, 0.2) is 24.3 Å². The second-order valence-electron chi connectivity index (χ2n) is 8.28. The van der Waals surface area contributed by atoms with E-state index in [0.717, 1.165) is 63.2 Å². The number of likely N-dealkylation sites (tertiary alicyclic amines) is 2. The van der Waals surface area contributed by atoms with E-state index >= 15 is 0 Å². The predicted octanol–water partition coefficient (Wildman–Crippen LogP) is 3.59. The Balaban J connectivity index is 1.48.